The Morgan fingerprint density at radius 3 is 2.88 bits per heavy atom. The summed E-state index contributed by atoms with van der Waals surface area (Å²) in [4.78, 5) is 0. The van der Waals surface area contributed by atoms with Crippen molar-refractivity contribution in [1.29, 1.82) is 0 Å². The molecule has 0 bridgehead atoms. The van der Waals surface area contributed by atoms with Crippen LogP contribution in [0.25, 0.3) is 0 Å². The summed E-state index contributed by atoms with van der Waals surface area (Å²) < 4.78 is 10.5. The van der Waals surface area contributed by atoms with Crippen molar-refractivity contribution >= 4 is 0 Å². The molecule has 1 fully saturated rings. The molecule has 16 heavy (non-hydrogen) atoms. The van der Waals surface area contributed by atoms with Crippen molar-refractivity contribution in [2.75, 3.05) is 33.5 Å². The fourth-order valence-corrected chi connectivity index (χ4v) is 2.35. The molecular weight excluding hydrogens is 202 g/mol. The summed E-state index contributed by atoms with van der Waals surface area (Å²) in [6.07, 6.45) is 6.15. The maximum Gasteiger partial charge on any atom is 0.0509 e. The van der Waals surface area contributed by atoms with E-state index >= 15 is 0 Å². The highest BCUT2D eigenvalue weighted by Gasteiger charge is 2.23. The second kappa shape index (κ2) is 8.97. The van der Waals surface area contributed by atoms with E-state index in [9.17, 15) is 0 Å². The van der Waals surface area contributed by atoms with Crippen LogP contribution in [0.5, 0.6) is 0 Å². The molecule has 1 heterocycles. The van der Waals surface area contributed by atoms with E-state index in [-0.39, 0.29) is 0 Å². The first-order chi connectivity index (χ1) is 7.88. The van der Waals surface area contributed by atoms with Gasteiger partial charge in [-0.3, -0.25) is 0 Å². The van der Waals surface area contributed by atoms with E-state index in [0.717, 1.165) is 32.3 Å². The van der Waals surface area contributed by atoms with E-state index in [0.29, 0.717) is 6.04 Å². The summed E-state index contributed by atoms with van der Waals surface area (Å²) in [7, 11) is 1.77. The molecule has 0 radical (unpaired) electrons. The van der Waals surface area contributed by atoms with Gasteiger partial charge in [0.15, 0.2) is 0 Å². The van der Waals surface area contributed by atoms with Gasteiger partial charge in [-0.25, -0.2) is 0 Å². The Morgan fingerprint density at radius 1 is 1.38 bits per heavy atom. The predicted octanol–water partition coefficient (Wildman–Crippen LogP) is 2.21. The molecule has 0 aromatic heterocycles. The van der Waals surface area contributed by atoms with Crippen molar-refractivity contribution in [2.24, 2.45) is 5.92 Å². The van der Waals surface area contributed by atoms with Crippen LogP contribution in [0.15, 0.2) is 0 Å². The zero-order valence-electron chi connectivity index (χ0n) is 10.8. The van der Waals surface area contributed by atoms with Crippen LogP contribution in [0.2, 0.25) is 0 Å². The average Bonchev–Trinajstić information content (AvgIpc) is 2.82. The molecule has 0 aliphatic carbocycles. The van der Waals surface area contributed by atoms with Crippen LogP contribution in [-0.2, 0) is 9.47 Å². The largest absolute Gasteiger partial charge is 0.385 e. The van der Waals surface area contributed by atoms with Crippen LogP contribution in [0.4, 0.5) is 0 Å². The van der Waals surface area contributed by atoms with Crippen molar-refractivity contribution < 1.29 is 9.47 Å². The zero-order chi connectivity index (χ0) is 11.6. The summed E-state index contributed by atoms with van der Waals surface area (Å²) in [6, 6.07) is 0.657. The fourth-order valence-electron chi connectivity index (χ4n) is 2.35. The average molecular weight is 229 g/mol. The van der Waals surface area contributed by atoms with Gasteiger partial charge in [0.2, 0.25) is 0 Å². The SMILES string of the molecule is CCC(NCCCCCOC)C1CCOC1. The lowest BCUT2D eigenvalue weighted by atomic mass is 9.97. The maximum atomic E-state index is 5.44. The molecular formula is C13H27NO2. The standard InChI is InChI=1S/C13H27NO2/c1-3-13(12-7-10-16-11-12)14-8-5-4-6-9-15-2/h12-14H,3-11H2,1-2H3. The van der Waals surface area contributed by atoms with E-state index in [1.165, 1.54) is 32.1 Å². The molecule has 0 aromatic rings. The summed E-state index contributed by atoms with van der Waals surface area (Å²) in [5.74, 6) is 0.740. The van der Waals surface area contributed by atoms with Crippen LogP contribution in [0.3, 0.4) is 0 Å². The number of methoxy groups -OCH3 is 1. The smallest absolute Gasteiger partial charge is 0.0509 e. The molecule has 1 saturated heterocycles. The Balaban J connectivity index is 2.00. The van der Waals surface area contributed by atoms with Crippen LogP contribution < -0.4 is 5.32 Å². The number of unbranched alkanes of at least 4 members (excludes halogenated alkanes) is 2. The second-order valence-electron chi connectivity index (χ2n) is 4.65. The van der Waals surface area contributed by atoms with E-state index in [4.69, 9.17) is 9.47 Å². The Hall–Kier alpha value is -0.120. The third-order valence-electron chi connectivity index (χ3n) is 3.41. The molecule has 1 aliphatic heterocycles. The summed E-state index contributed by atoms with van der Waals surface area (Å²) >= 11 is 0. The first kappa shape index (κ1) is 13.9. The Bertz CT molecular complexity index is 158. The third-order valence-corrected chi connectivity index (χ3v) is 3.41. The molecule has 0 amide bonds. The van der Waals surface area contributed by atoms with E-state index in [2.05, 4.69) is 12.2 Å². The quantitative estimate of drug-likeness (QED) is 0.615. The third kappa shape index (κ3) is 5.28. The van der Waals surface area contributed by atoms with Crippen molar-refractivity contribution in [3.63, 3.8) is 0 Å². The molecule has 2 unspecified atom stereocenters. The van der Waals surface area contributed by atoms with Crippen LogP contribution in [0, 0.1) is 5.92 Å². The predicted molar refractivity (Wildman–Crippen MR) is 66.7 cm³/mol. The van der Waals surface area contributed by atoms with Crippen molar-refractivity contribution in [1.82, 2.24) is 5.32 Å². The number of ether oxygens (including phenoxy) is 2. The Morgan fingerprint density at radius 2 is 2.25 bits per heavy atom. The summed E-state index contributed by atoms with van der Waals surface area (Å²) in [5.41, 5.74) is 0. The number of nitrogens with one attached hydrogen (secondary N) is 1. The van der Waals surface area contributed by atoms with Gasteiger partial charge in [0, 0.05) is 26.4 Å². The van der Waals surface area contributed by atoms with Gasteiger partial charge < -0.3 is 14.8 Å². The minimum atomic E-state index is 0.657. The van der Waals surface area contributed by atoms with Gasteiger partial charge in [0.05, 0.1) is 6.61 Å². The normalized spacial score (nSPS) is 22.5. The molecule has 1 aliphatic rings. The maximum absolute atomic E-state index is 5.44. The molecule has 0 aromatic carbocycles. The Labute approximate surface area is 99.9 Å². The van der Waals surface area contributed by atoms with Crippen molar-refractivity contribution in [2.45, 2.75) is 45.1 Å². The highest BCUT2D eigenvalue weighted by Crippen LogP contribution is 2.18. The first-order valence-corrected chi connectivity index (χ1v) is 6.68. The number of rotatable bonds is 9. The Kier molecular flexibility index (Phi) is 7.81. The minimum Gasteiger partial charge on any atom is -0.385 e. The van der Waals surface area contributed by atoms with E-state index in [1.54, 1.807) is 7.11 Å². The van der Waals surface area contributed by atoms with Gasteiger partial charge in [0.25, 0.3) is 0 Å². The molecule has 1 N–H and O–H groups in total. The fraction of sp³-hybridized carbons (Fsp3) is 1.00. The minimum absolute atomic E-state index is 0.657. The van der Waals surface area contributed by atoms with Gasteiger partial charge >= 0.3 is 0 Å². The van der Waals surface area contributed by atoms with Crippen LogP contribution in [-0.4, -0.2) is 39.5 Å². The second-order valence-corrected chi connectivity index (χ2v) is 4.65. The van der Waals surface area contributed by atoms with Gasteiger partial charge in [-0.15, -0.1) is 0 Å². The summed E-state index contributed by atoms with van der Waals surface area (Å²) in [5, 5.41) is 3.67. The lowest BCUT2D eigenvalue weighted by Crippen LogP contribution is -2.36. The van der Waals surface area contributed by atoms with Crippen molar-refractivity contribution in [3.05, 3.63) is 0 Å². The van der Waals surface area contributed by atoms with Crippen LogP contribution >= 0.6 is 0 Å². The van der Waals surface area contributed by atoms with Gasteiger partial charge in [-0.2, -0.15) is 0 Å². The number of hydrogen-bond acceptors (Lipinski definition) is 3. The molecule has 0 saturated carbocycles. The van der Waals surface area contributed by atoms with E-state index in [1.807, 2.05) is 0 Å². The zero-order valence-corrected chi connectivity index (χ0v) is 10.8. The number of hydrogen-bond donors (Lipinski definition) is 1. The lowest BCUT2D eigenvalue weighted by molar-refractivity contribution is 0.175. The van der Waals surface area contributed by atoms with Crippen LogP contribution in [0.1, 0.15) is 39.0 Å². The molecule has 2 atom stereocenters. The monoisotopic (exact) mass is 229 g/mol. The molecule has 3 heteroatoms. The van der Waals surface area contributed by atoms with E-state index < -0.39 is 0 Å². The van der Waals surface area contributed by atoms with Crippen molar-refractivity contribution in [3.8, 4) is 0 Å². The first-order valence-electron chi connectivity index (χ1n) is 6.68. The summed E-state index contributed by atoms with van der Waals surface area (Å²) in [6.45, 7) is 6.21. The van der Waals surface area contributed by atoms with Gasteiger partial charge in [-0.05, 0) is 44.6 Å². The van der Waals surface area contributed by atoms with Gasteiger partial charge in [0.1, 0.15) is 0 Å². The highest BCUT2D eigenvalue weighted by molar-refractivity contribution is 4.78. The molecule has 96 valence electrons. The molecule has 1 rings (SSSR count). The highest BCUT2D eigenvalue weighted by atomic mass is 16.5. The van der Waals surface area contributed by atoms with Gasteiger partial charge in [-0.1, -0.05) is 6.92 Å². The molecule has 3 nitrogen and oxygen atoms in total. The lowest BCUT2D eigenvalue weighted by Gasteiger charge is -2.22. The molecule has 0 spiro atoms. The topological polar surface area (TPSA) is 30.5 Å².